The van der Waals surface area contributed by atoms with Crippen molar-refractivity contribution >= 4 is 27.5 Å². The fourth-order valence-electron chi connectivity index (χ4n) is 3.83. The SMILES string of the molecule is CS(=O)C1(c2cc(N3CCOCC3)nc(-c3cccc4[nH]ccc34)n2)CC1. The van der Waals surface area contributed by atoms with E-state index < -0.39 is 10.8 Å². The number of rotatable bonds is 4. The van der Waals surface area contributed by atoms with Crippen LogP contribution in [0.4, 0.5) is 5.82 Å². The van der Waals surface area contributed by atoms with Crippen molar-refractivity contribution in [1.82, 2.24) is 15.0 Å². The van der Waals surface area contributed by atoms with Crippen LogP contribution in [0.25, 0.3) is 22.3 Å². The fraction of sp³-hybridized carbons (Fsp3) is 0.400. The molecule has 0 bridgehead atoms. The molecule has 0 radical (unpaired) electrons. The van der Waals surface area contributed by atoms with E-state index in [4.69, 9.17) is 14.7 Å². The summed E-state index contributed by atoms with van der Waals surface area (Å²) in [7, 11) is -0.953. The number of H-pyrrole nitrogens is 1. The number of anilines is 1. The van der Waals surface area contributed by atoms with Gasteiger partial charge in [0.05, 0.1) is 23.7 Å². The van der Waals surface area contributed by atoms with Gasteiger partial charge in [0.2, 0.25) is 0 Å². The predicted octanol–water partition coefficient (Wildman–Crippen LogP) is 2.83. The molecular formula is C20H22N4O2S. The van der Waals surface area contributed by atoms with Gasteiger partial charge >= 0.3 is 0 Å². The minimum Gasteiger partial charge on any atom is -0.378 e. The lowest BCUT2D eigenvalue weighted by Crippen LogP contribution is -2.37. The quantitative estimate of drug-likeness (QED) is 0.751. The van der Waals surface area contributed by atoms with E-state index in [9.17, 15) is 4.21 Å². The van der Waals surface area contributed by atoms with E-state index >= 15 is 0 Å². The van der Waals surface area contributed by atoms with Crippen LogP contribution in [-0.4, -0.2) is 51.7 Å². The number of aromatic amines is 1. The maximum absolute atomic E-state index is 12.4. The first-order valence-electron chi connectivity index (χ1n) is 9.30. The second-order valence-corrected chi connectivity index (χ2v) is 8.92. The lowest BCUT2D eigenvalue weighted by molar-refractivity contribution is 0.122. The molecule has 1 saturated heterocycles. The Bertz CT molecular complexity index is 1020. The van der Waals surface area contributed by atoms with Gasteiger partial charge in [-0.3, -0.25) is 4.21 Å². The van der Waals surface area contributed by atoms with Crippen molar-refractivity contribution in [3.63, 3.8) is 0 Å². The maximum Gasteiger partial charge on any atom is 0.162 e. The minimum absolute atomic E-state index is 0.315. The van der Waals surface area contributed by atoms with Crippen LogP contribution < -0.4 is 4.90 Å². The van der Waals surface area contributed by atoms with E-state index in [1.807, 2.05) is 18.3 Å². The smallest absolute Gasteiger partial charge is 0.162 e. The Hall–Kier alpha value is -2.25. The molecule has 1 unspecified atom stereocenters. The summed E-state index contributed by atoms with van der Waals surface area (Å²) in [6.07, 6.45) is 5.56. The first kappa shape index (κ1) is 16.9. The molecule has 0 spiro atoms. The average Bonchev–Trinajstić information content (AvgIpc) is 3.39. The van der Waals surface area contributed by atoms with Crippen LogP contribution in [0.1, 0.15) is 18.5 Å². The van der Waals surface area contributed by atoms with E-state index in [1.165, 1.54) is 0 Å². The third kappa shape index (κ3) is 2.85. The highest BCUT2D eigenvalue weighted by molar-refractivity contribution is 7.85. The van der Waals surface area contributed by atoms with Crippen molar-refractivity contribution in [3.05, 3.63) is 42.2 Å². The number of fused-ring (bicyclic) bond motifs is 1. The van der Waals surface area contributed by atoms with Crippen molar-refractivity contribution in [2.45, 2.75) is 17.6 Å². The second kappa shape index (κ2) is 6.42. The van der Waals surface area contributed by atoms with Gasteiger partial charge in [0.1, 0.15) is 5.82 Å². The molecule has 140 valence electrons. The molecule has 0 amide bonds. The Balaban J connectivity index is 1.68. The molecule has 1 N–H and O–H groups in total. The van der Waals surface area contributed by atoms with Crippen LogP contribution in [0, 0.1) is 0 Å². The average molecular weight is 382 g/mol. The van der Waals surface area contributed by atoms with E-state index in [-0.39, 0.29) is 4.75 Å². The van der Waals surface area contributed by atoms with Crippen LogP contribution in [0.3, 0.4) is 0 Å². The Morgan fingerprint density at radius 2 is 2.00 bits per heavy atom. The van der Waals surface area contributed by atoms with Crippen LogP contribution in [0.5, 0.6) is 0 Å². The summed E-state index contributed by atoms with van der Waals surface area (Å²) in [6, 6.07) is 10.2. The maximum atomic E-state index is 12.4. The molecular weight excluding hydrogens is 360 g/mol. The molecule has 3 heterocycles. The van der Waals surface area contributed by atoms with Crippen molar-refractivity contribution in [2.75, 3.05) is 37.5 Å². The molecule has 2 aliphatic rings. The third-order valence-electron chi connectivity index (χ3n) is 5.60. The summed E-state index contributed by atoms with van der Waals surface area (Å²) in [6.45, 7) is 3.03. The van der Waals surface area contributed by atoms with Crippen molar-refractivity contribution in [2.24, 2.45) is 0 Å². The van der Waals surface area contributed by atoms with E-state index in [2.05, 4.69) is 28.1 Å². The molecule has 2 aromatic heterocycles. The van der Waals surface area contributed by atoms with E-state index in [0.717, 1.165) is 53.9 Å². The minimum atomic E-state index is -0.953. The van der Waals surface area contributed by atoms with Crippen LogP contribution in [0.15, 0.2) is 36.5 Å². The molecule has 1 saturated carbocycles. The highest BCUT2D eigenvalue weighted by Crippen LogP contribution is 2.50. The number of nitrogens with zero attached hydrogens (tertiary/aromatic N) is 3. The first-order valence-corrected chi connectivity index (χ1v) is 10.9. The van der Waals surface area contributed by atoms with Crippen molar-refractivity contribution in [3.8, 4) is 11.4 Å². The number of hydrogen-bond donors (Lipinski definition) is 1. The summed E-state index contributed by atoms with van der Waals surface area (Å²) in [5, 5.41) is 1.10. The van der Waals surface area contributed by atoms with Crippen LogP contribution in [-0.2, 0) is 20.3 Å². The molecule has 27 heavy (non-hydrogen) atoms. The number of nitrogens with one attached hydrogen (secondary N) is 1. The number of aromatic nitrogens is 3. The molecule has 2 fully saturated rings. The fourth-order valence-corrected chi connectivity index (χ4v) is 4.90. The number of ether oxygens (including phenoxy) is 1. The molecule has 1 aliphatic carbocycles. The monoisotopic (exact) mass is 382 g/mol. The molecule has 3 aromatic rings. The van der Waals surface area contributed by atoms with Crippen molar-refractivity contribution < 1.29 is 8.95 Å². The number of hydrogen-bond acceptors (Lipinski definition) is 5. The number of benzene rings is 1. The second-order valence-electron chi connectivity index (χ2n) is 7.23. The van der Waals surface area contributed by atoms with Gasteiger partial charge < -0.3 is 14.6 Å². The lowest BCUT2D eigenvalue weighted by atomic mass is 10.1. The van der Waals surface area contributed by atoms with Gasteiger partial charge in [-0.05, 0) is 25.0 Å². The summed E-state index contributed by atoms with van der Waals surface area (Å²) in [5.41, 5.74) is 2.97. The summed E-state index contributed by atoms with van der Waals surface area (Å²) in [4.78, 5) is 15.3. The van der Waals surface area contributed by atoms with Gasteiger partial charge in [-0.2, -0.15) is 0 Å². The van der Waals surface area contributed by atoms with Gasteiger partial charge in [0.15, 0.2) is 5.82 Å². The largest absolute Gasteiger partial charge is 0.378 e. The summed E-state index contributed by atoms with van der Waals surface area (Å²) < 4.78 is 17.6. The third-order valence-corrected chi connectivity index (χ3v) is 7.32. The predicted molar refractivity (Wildman–Crippen MR) is 107 cm³/mol. The van der Waals surface area contributed by atoms with Crippen molar-refractivity contribution in [1.29, 1.82) is 0 Å². The highest BCUT2D eigenvalue weighted by Gasteiger charge is 2.50. The van der Waals surface area contributed by atoms with Gasteiger partial charge in [-0.25, -0.2) is 9.97 Å². The topological polar surface area (TPSA) is 71.1 Å². The van der Waals surface area contributed by atoms with Crippen LogP contribution in [0.2, 0.25) is 0 Å². The van der Waals surface area contributed by atoms with E-state index in [1.54, 1.807) is 6.26 Å². The van der Waals surface area contributed by atoms with Gasteiger partial charge in [0, 0.05) is 58.9 Å². The zero-order valence-electron chi connectivity index (χ0n) is 15.3. The Kier molecular flexibility index (Phi) is 4.02. The molecule has 1 aliphatic heterocycles. The zero-order valence-corrected chi connectivity index (χ0v) is 16.1. The number of morpholine rings is 1. The first-order chi connectivity index (χ1) is 13.2. The van der Waals surface area contributed by atoms with Gasteiger partial charge in [0.25, 0.3) is 0 Å². The molecule has 7 heteroatoms. The van der Waals surface area contributed by atoms with Gasteiger partial charge in [-0.1, -0.05) is 12.1 Å². The Morgan fingerprint density at radius 1 is 1.19 bits per heavy atom. The lowest BCUT2D eigenvalue weighted by Gasteiger charge is -2.29. The van der Waals surface area contributed by atoms with Gasteiger partial charge in [-0.15, -0.1) is 0 Å². The Labute approximate surface area is 160 Å². The van der Waals surface area contributed by atoms with E-state index in [0.29, 0.717) is 19.0 Å². The standard InChI is InChI=1S/C20H22N4O2S/c1-27(25)20(6-7-20)17-13-18(24-9-11-26-12-10-24)23-19(22-17)15-3-2-4-16-14(15)5-8-21-16/h2-5,8,13,21H,6-7,9-12H2,1H3. The summed E-state index contributed by atoms with van der Waals surface area (Å²) in [5.74, 6) is 1.61. The normalized spacial score (nSPS) is 20.0. The highest BCUT2D eigenvalue weighted by atomic mass is 32.2. The zero-order chi connectivity index (χ0) is 18.4. The molecule has 6 nitrogen and oxygen atoms in total. The molecule has 1 aromatic carbocycles. The molecule has 1 atom stereocenters. The Morgan fingerprint density at radius 3 is 2.74 bits per heavy atom. The summed E-state index contributed by atoms with van der Waals surface area (Å²) >= 11 is 0. The molecule has 5 rings (SSSR count). The van der Waals surface area contributed by atoms with Crippen LogP contribution >= 0.6 is 0 Å².